The minimum absolute atomic E-state index is 0.148. The number of carbonyl (C=O) groups excluding carboxylic acids is 2. The van der Waals surface area contributed by atoms with Gasteiger partial charge in [-0.05, 0) is 6.92 Å². The van der Waals surface area contributed by atoms with Crippen LogP contribution in [0.3, 0.4) is 0 Å². The summed E-state index contributed by atoms with van der Waals surface area (Å²) in [6, 6.07) is 0. The highest BCUT2D eigenvalue weighted by Crippen LogP contribution is 2.07. The molecule has 0 rings (SSSR count). The first kappa shape index (κ1) is 14.0. The Kier molecular flexibility index (Phi) is 7.77. The molecule has 0 radical (unpaired) electrons. The molecule has 0 spiro atoms. The van der Waals surface area contributed by atoms with Crippen LogP contribution in [0.25, 0.3) is 0 Å². The van der Waals surface area contributed by atoms with Crippen LogP contribution in [0.15, 0.2) is 0 Å². The van der Waals surface area contributed by atoms with Crippen LogP contribution in [0, 0.1) is 4.61 Å². The number of hydrogen-bond acceptors (Lipinski definition) is 5. The zero-order chi connectivity index (χ0) is 11.7. The molecule has 0 bridgehead atoms. The molecule has 1 atom stereocenters. The van der Waals surface area contributed by atoms with E-state index in [1.165, 1.54) is 0 Å². The molecule has 5 nitrogen and oxygen atoms in total. The lowest BCUT2D eigenvalue weighted by atomic mass is 10.5. The maximum atomic E-state index is 11.0. The Labute approximate surface area is 91.7 Å². The summed E-state index contributed by atoms with van der Waals surface area (Å²) in [5, 5.41) is 0. The summed E-state index contributed by atoms with van der Waals surface area (Å²) in [6.07, 6.45) is 0.148. The van der Waals surface area contributed by atoms with Crippen LogP contribution in [-0.4, -0.2) is 36.7 Å². The molecule has 0 aromatic carbocycles. The van der Waals surface area contributed by atoms with Gasteiger partial charge in [0.1, 0.15) is 0 Å². The summed E-state index contributed by atoms with van der Waals surface area (Å²) >= 11 is 0. The fraction of sp³-hybridized carbons (Fsp3) is 0.778. The third-order valence-electron chi connectivity index (χ3n) is 1.60. The molecule has 15 heavy (non-hydrogen) atoms. The van der Waals surface area contributed by atoms with Crippen molar-refractivity contribution in [1.29, 1.82) is 4.61 Å². The van der Waals surface area contributed by atoms with E-state index >= 15 is 0 Å². The van der Waals surface area contributed by atoms with Gasteiger partial charge < -0.3 is 9.47 Å². The summed E-state index contributed by atoms with van der Waals surface area (Å²) in [5.74, 6) is 0.0687. The molecule has 6 heteroatoms. The third kappa shape index (κ3) is 8.03. The maximum absolute atomic E-state index is 11.0. The smallest absolute Gasteiger partial charge is 0.344 e. The normalized spacial score (nSPS) is 11.8. The van der Waals surface area contributed by atoms with Gasteiger partial charge in [0.25, 0.3) is 0 Å². The Morgan fingerprint density at radius 2 is 1.87 bits per heavy atom. The monoisotopic (exact) mass is 235 g/mol. The second-order valence-corrected chi connectivity index (χ2v) is 4.85. The molecule has 0 fully saturated rings. The lowest BCUT2D eigenvalue weighted by Crippen LogP contribution is -2.16. The predicted octanol–water partition coefficient (Wildman–Crippen LogP) is 0.983. The standard InChI is InChI=1S/C9H17NO4S/c1-3-13-9(12)7-14-8(11)5-6-15(10)4-2/h15H,3-7H2,1-2H3. The van der Waals surface area contributed by atoms with E-state index in [0.29, 0.717) is 11.5 Å². The van der Waals surface area contributed by atoms with Crippen molar-refractivity contribution in [2.75, 3.05) is 24.7 Å². The van der Waals surface area contributed by atoms with Crippen LogP contribution < -0.4 is 0 Å². The average Bonchev–Trinajstić information content (AvgIpc) is 2.23. The fourth-order valence-corrected chi connectivity index (χ4v) is 1.55. The quantitative estimate of drug-likeness (QED) is 0.568. The van der Waals surface area contributed by atoms with Crippen LogP contribution in [0.5, 0.6) is 0 Å². The van der Waals surface area contributed by atoms with E-state index in [9.17, 15) is 14.2 Å². The minimum atomic E-state index is -1.06. The van der Waals surface area contributed by atoms with Crippen molar-refractivity contribution in [2.24, 2.45) is 0 Å². The minimum Gasteiger partial charge on any atom is -0.463 e. The maximum Gasteiger partial charge on any atom is 0.344 e. The van der Waals surface area contributed by atoms with Gasteiger partial charge in [0.05, 0.1) is 13.0 Å². The van der Waals surface area contributed by atoms with Gasteiger partial charge in [-0.25, -0.2) is 9.40 Å². The number of carbonyl (C=O) groups is 2. The van der Waals surface area contributed by atoms with E-state index in [4.69, 9.17) is 0 Å². The SMILES string of the molecule is CCOC(=O)COC(=O)CC[SH](#N)CC. The molecule has 0 saturated heterocycles. The lowest BCUT2D eigenvalue weighted by molar-refractivity contribution is -0.158. The zero-order valence-corrected chi connectivity index (χ0v) is 9.96. The highest BCUT2D eigenvalue weighted by atomic mass is 32.2. The molecule has 0 aromatic rings. The number of esters is 2. The molecular weight excluding hydrogens is 218 g/mol. The van der Waals surface area contributed by atoms with Crippen LogP contribution in [0.4, 0.5) is 0 Å². The topological polar surface area (TPSA) is 76.4 Å². The van der Waals surface area contributed by atoms with Crippen molar-refractivity contribution in [3.8, 4) is 0 Å². The van der Waals surface area contributed by atoms with E-state index in [0.717, 1.165) is 0 Å². The van der Waals surface area contributed by atoms with Crippen LogP contribution >= 0.6 is 10.5 Å². The molecule has 0 heterocycles. The van der Waals surface area contributed by atoms with Gasteiger partial charge in [0.15, 0.2) is 6.61 Å². The van der Waals surface area contributed by atoms with Gasteiger partial charge in [-0.15, -0.1) is 0 Å². The van der Waals surface area contributed by atoms with E-state index in [1.807, 2.05) is 6.92 Å². The number of hydrogen-bond donors (Lipinski definition) is 1. The van der Waals surface area contributed by atoms with Gasteiger partial charge in [-0.3, -0.25) is 4.79 Å². The van der Waals surface area contributed by atoms with E-state index < -0.39 is 22.5 Å². The highest BCUT2D eigenvalue weighted by molar-refractivity contribution is 8.04. The first-order chi connectivity index (χ1) is 7.10. The Bertz CT molecular complexity index is 282. The summed E-state index contributed by atoms with van der Waals surface area (Å²) in [4.78, 5) is 21.8. The number of thiol groups is 1. The van der Waals surface area contributed by atoms with Crippen LogP contribution in [-0.2, 0) is 19.1 Å². The van der Waals surface area contributed by atoms with Crippen LogP contribution in [0.2, 0.25) is 0 Å². The van der Waals surface area contributed by atoms with Crippen molar-refractivity contribution < 1.29 is 19.1 Å². The number of rotatable bonds is 5. The summed E-state index contributed by atoms with van der Waals surface area (Å²) in [5.41, 5.74) is 0. The second-order valence-electron chi connectivity index (χ2n) is 2.76. The van der Waals surface area contributed by atoms with Crippen molar-refractivity contribution in [3.05, 3.63) is 0 Å². The highest BCUT2D eigenvalue weighted by Gasteiger charge is 2.07. The van der Waals surface area contributed by atoms with Crippen LogP contribution in [0.1, 0.15) is 20.3 Å². The Hall–Kier alpha value is -1.00. The first-order valence-electron chi connectivity index (χ1n) is 4.85. The van der Waals surface area contributed by atoms with Crippen molar-refractivity contribution in [1.82, 2.24) is 0 Å². The van der Waals surface area contributed by atoms with Crippen molar-refractivity contribution >= 4 is 22.5 Å². The molecule has 88 valence electrons. The molecule has 0 amide bonds. The Morgan fingerprint density at radius 3 is 2.40 bits per heavy atom. The summed E-state index contributed by atoms with van der Waals surface area (Å²) in [6.45, 7) is 3.46. The van der Waals surface area contributed by atoms with E-state index in [-0.39, 0.29) is 19.6 Å². The first-order valence-corrected chi connectivity index (χ1v) is 6.51. The van der Waals surface area contributed by atoms with E-state index in [1.54, 1.807) is 6.92 Å². The zero-order valence-electron chi connectivity index (χ0n) is 9.06. The molecule has 1 unspecified atom stereocenters. The molecule has 0 aliphatic heterocycles. The fourth-order valence-electron chi connectivity index (χ4n) is 0.793. The second kappa shape index (κ2) is 8.32. The number of nitrogens with zero attached hydrogens (tertiary/aromatic N) is 1. The van der Waals surface area contributed by atoms with Gasteiger partial charge >= 0.3 is 11.9 Å². The molecule has 0 aromatic heterocycles. The van der Waals surface area contributed by atoms with Gasteiger partial charge in [-0.1, -0.05) is 17.4 Å². The molecule has 0 N–H and O–H groups in total. The third-order valence-corrected chi connectivity index (χ3v) is 3.07. The summed E-state index contributed by atoms with van der Waals surface area (Å²) < 4.78 is 18.4. The van der Waals surface area contributed by atoms with Crippen molar-refractivity contribution in [3.63, 3.8) is 0 Å². The molecule has 0 saturated carbocycles. The number of ether oxygens (including phenoxy) is 2. The molecule has 0 aliphatic carbocycles. The summed E-state index contributed by atoms with van der Waals surface area (Å²) in [7, 11) is -1.06. The molecule has 0 aliphatic rings. The van der Waals surface area contributed by atoms with Crippen molar-refractivity contribution in [2.45, 2.75) is 20.3 Å². The van der Waals surface area contributed by atoms with Gasteiger partial charge in [0.2, 0.25) is 0 Å². The largest absolute Gasteiger partial charge is 0.463 e. The predicted molar refractivity (Wildman–Crippen MR) is 58.3 cm³/mol. The average molecular weight is 235 g/mol. The van der Waals surface area contributed by atoms with E-state index in [2.05, 4.69) is 9.47 Å². The Morgan fingerprint density at radius 1 is 1.20 bits per heavy atom. The Balaban J connectivity index is 3.59. The van der Waals surface area contributed by atoms with Gasteiger partial charge in [0, 0.05) is 11.5 Å². The molecular formula is C9H17NO4S. The van der Waals surface area contributed by atoms with Gasteiger partial charge in [-0.2, -0.15) is 0 Å². The lowest BCUT2D eigenvalue weighted by Gasteiger charge is -2.04.